The Morgan fingerprint density at radius 2 is 2.05 bits per heavy atom. The number of hydrogen-bond acceptors (Lipinski definition) is 4. The molecule has 2 fully saturated rings. The Morgan fingerprint density at radius 3 is 2.45 bits per heavy atom. The van der Waals surface area contributed by atoms with Gasteiger partial charge in [0.25, 0.3) is 0 Å². The van der Waals surface area contributed by atoms with Crippen LogP contribution in [0.2, 0.25) is 0 Å². The van der Waals surface area contributed by atoms with Crippen LogP contribution in [0.15, 0.2) is 0 Å². The van der Waals surface area contributed by atoms with E-state index in [0.717, 1.165) is 38.5 Å². The summed E-state index contributed by atoms with van der Waals surface area (Å²) in [5.41, 5.74) is 0. The molecule has 2 rings (SSSR count). The summed E-state index contributed by atoms with van der Waals surface area (Å²) in [6.07, 6.45) is -3.95. The van der Waals surface area contributed by atoms with Crippen LogP contribution in [0.4, 0.5) is 13.2 Å². The average molecular weight is 298 g/mol. The minimum atomic E-state index is -5.08. The normalized spacial score (nSPS) is 19.9. The molecule has 2 aliphatic heterocycles. The Labute approximate surface area is 113 Å². The first-order chi connectivity index (χ1) is 9.30. The van der Waals surface area contributed by atoms with Gasteiger partial charge in [-0.2, -0.15) is 13.2 Å². The first-order valence-electron chi connectivity index (χ1n) is 6.17. The van der Waals surface area contributed by atoms with Gasteiger partial charge < -0.3 is 20.1 Å². The molecule has 20 heavy (non-hydrogen) atoms. The predicted molar refractivity (Wildman–Crippen MR) is 62.1 cm³/mol. The molecule has 0 aromatic rings. The zero-order valence-corrected chi connectivity index (χ0v) is 10.8. The predicted octanol–water partition coefficient (Wildman–Crippen LogP) is 0.0880. The van der Waals surface area contributed by atoms with E-state index in [1.165, 1.54) is 0 Å². The SMILES string of the molecule is O=C(O)C(F)(F)F.O=C1COCCN1CCC1CNC1. The molecule has 2 heterocycles. The van der Waals surface area contributed by atoms with E-state index < -0.39 is 12.1 Å². The Morgan fingerprint density at radius 1 is 1.45 bits per heavy atom. The van der Waals surface area contributed by atoms with Crippen LogP contribution < -0.4 is 5.32 Å². The van der Waals surface area contributed by atoms with Gasteiger partial charge in [0.05, 0.1) is 6.61 Å². The largest absolute Gasteiger partial charge is 0.490 e. The molecule has 0 spiro atoms. The number of nitrogens with one attached hydrogen (secondary N) is 1. The van der Waals surface area contributed by atoms with Crippen molar-refractivity contribution in [1.82, 2.24) is 10.2 Å². The van der Waals surface area contributed by atoms with Crippen LogP contribution >= 0.6 is 0 Å². The summed E-state index contributed by atoms with van der Waals surface area (Å²) in [6.45, 7) is 4.92. The molecule has 0 saturated carbocycles. The molecule has 0 aliphatic carbocycles. The van der Waals surface area contributed by atoms with E-state index >= 15 is 0 Å². The van der Waals surface area contributed by atoms with Crippen molar-refractivity contribution in [2.75, 3.05) is 39.4 Å². The third-order valence-corrected chi connectivity index (χ3v) is 3.00. The van der Waals surface area contributed by atoms with E-state index in [9.17, 15) is 18.0 Å². The second-order valence-electron chi connectivity index (χ2n) is 4.55. The third-order valence-electron chi connectivity index (χ3n) is 3.00. The summed E-state index contributed by atoms with van der Waals surface area (Å²) in [7, 11) is 0. The highest BCUT2D eigenvalue weighted by Crippen LogP contribution is 2.13. The molecular weight excluding hydrogens is 281 g/mol. The number of aliphatic carboxylic acids is 1. The van der Waals surface area contributed by atoms with Gasteiger partial charge in [0, 0.05) is 13.1 Å². The quantitative estimate of drug-likeness (QED) is 0.772. The molecule has 2 saturated heterocycles. The highest BCUT2D eigenvalue weighted by molar-refractivity contribution is 5.77. The Balaban J connectivity index is 0.000000246. The molecule has 0 unspecified atom stereocenters. The number of rotatable bonds is 3. The summed E-state index contributed by atoms with van der Waals surface area (Å²) in [4.78, 5) is 22.1. The second-order valence-corrected chi connectivity index (χ2v) is 4.55. The van der Waals surface area contributed by atoms with Crippen molar-refractivity contribution in [3.63, 3.8) is 0 Å². The topological polar surface area (TPSA) is 78.9 Å². The van der Waals surface area contributed by atoms with E-state index in [-0.39, 0.29) is 12.5 Å². The molecule has 0 atom stereocenters. The molecule has 116 valence electrons. The van der Waals surface area contributed by atoms with E-state index in [4.69, 9.17) is 14.6 Å². The van der Waals surface area contributed by atoms with Gasteiger partial charge in [0.1, 0.15) is 6.61 Å². The fraction of sp³-hybridized carbons (Fsp3) is 0.818. The molecule has 1 amide bonds. The summed E-state index contributed by atoms with van der Waals surface area (Å²) in [5.74, 6) is -1.82. The maximum atomic E-state index is 11.3. The highest BCUT2D eigenvalue weighted by Gasteiger charge is 2.38. The van der Waals surface area contributed by atoms with Crippen LogP contribution in [-0.4, -0.2) is 67.5 Å². The lowest BCUT2D eigenvalue weighted by molar-refractivity contribution is -0.192. The van der Waals surface area contributed by atoms with Crippen LogP contribution in [-0.2, 0) is 14.3 Å². The van der Waals surface area contributed by atoms with Crippen LogP contribution in [0.1, 0.15) is 6.42 Å². The van der Waals surface area contributed by atoms with E-state index in [2.05, 4.69) is 5.32 Å². The van der Waals surface area contributed by atoms with Gasteiger partial charge in [-0.15, -0.1) is 0 Å². The van der Waals surface area contributed by atoms with Crippen molar-refractivity contribution in [2.45, 2.75) is 12.6 Å². The number of carboxylic acids is 1. The Hall–Kier alpha value is -1.35. The fourth-order valence-corrected chi connectivity index (χ4v) is 1.68. The van der Waals surface area contributed by atoms with Gasteiger partial charge in [-0.1, -0.05) is 0 Å². The summed E-state index contributed by atoms with van der Waals surface area (Å²) in [5, 5.41) is 10.4. The molecule has 2 N–H and O–H groups in total. The number of morpholine rings is 1. The van der Waals surface area contributed by atoms with Crippen molar-refractivity contribution in [3.8, 4) is 0 Å². The molecule has 9 heteroatoms. The zero-order valence-electron chi connectivity index (χ0n) is 10.8. The lowest BCUT2D eigenvalue weighted by atomic mass is 9.99. The molecule has 0 radical (unpaired) electrons. The minimum Gasteiger partial charge on any atom is -0.475 e. The Bertz CT molecular complexity index is 345. The number of alkyl halides is 3. The number of hydrogen-bond donors (Lipinski definition) is 2. The standard InChI is InChI=1S/C9H16N2O2.C2HF3O2/c12-9-7-13-4-3-11(9)2-1-8-5-10-6-8;3-2(4,5)1(6)7/h8,10H,1-7H2;(H,6,7). The first-order valence-corrected chi connectivity index (χ1v) is 6.17. The van der Waals surface area contributed by atoms with Crippen LogP contribution in [0.3, 0.4) is 0 Å². The molecule has 6 nitrogen and oxygen atoms in total. The summed E-state index contributed by atoms with van der Waals surface area (Å²) in [6, 6.07) is 0. The van der Waals surface area contributed by atoms with Crippen LogP contribution in [0.25, 0.3) is 0 Å². The van der Waals surface area contributed by atoms with Crippen molar-refractivity contribution >= 4 is 11.9 Å². The molecular formula is C11H17F3N2O4. The van der Waals surface area contributed by atoms with Crippen molar-refractivity contribution in [2.24, 2.45) is 5.92 Å². The zero-order chi connectivity index (χ0) is 15.2. The van der Waals surface area contributed by atoms with Crippen molar-refractivity contribution in [1.29, 1.82) is 0 Å². The Kier molecular flexibility index (Phi) is 6.21. The minimum absolute atomic E-state index is 0.151. The second kappa shape index (κ2) is 7.44. The van der Waals surface area contributed by atoms with E-state index in [1.54, 1.807) is 0 Å². The van der Waals surface area contributed by atoms with Gasteiger partial charge in [-0.3, -0.25) is 4.79 Å². The number of nitrogens with zero attached hydrogens (tertiary/aromatic N) is 1. The number of carbonyl (C=O) groups is 2. The number of amides is 1. The van der Waals surface area contributed by atoms with Gasteiger partial charge in [-0.05, 0) is 25.4 Å². The maximum absolute atomic E-state index is 11.3. The van der Waals surface area contributed by atoms with E-state index in [1.807, 2.05) is 4.90 Å². The molecule has 2 aliphatic rings. The van der Waals surface area contributed by atoms with Gasteiger partial charge >= 0.3 is 12.1 Å². The summed E-state index contributed by atoms with van der Waals surface area (Å²) >= 11 is 0. The lowest BCUT2D eigenvalue weighted by Crippen LogP contribution is -2.46. The number of halogens is 3. The number of ether oxygens (including phenoxy) is 1. The van der Waals surface area contributed by atoms with Gasteiger partial charge in [0.15, 0.2) is 0 Å². The summed E-state index contributed by atoms with van der Waals surface area (Å²) < 4.78 is 36.8. The number of carbonyl (C=O) groups excluding carboxylic acids is 1. The lowest BCUT2D eigenvalue weighted by Gasteiger charge is -2.32. The molecule has 0 aromatic carbocycles. The highest BCUT2D eigenvalue weighted by atomic mass is 19.4. The average Bonchev–Trinajstić information content (AvgIpc) is 2.29. The van der Waals surface area contributed by atoms with Crippen molar-refractivity contribution in [3.05, 3.63) is 0 Å². The van der Waals surface area contributed by atoms with Gasteiger partial charge in [-0.25, -0.2) is 4.79 Å². The first kappa shape index (κ1) is 16.7. The molecule has 0 bridgehead atoms. The van der Waals surface area contributed by atoms with Crippen molar-refractivity contribution < 1.29 is 32.6 Å². The third kappa shape index (κ3) is 5.74. The maximum Gasteiger partial charge on any atom is 0.490 e. The molecule has 0 aromatic heterocycles. The van der Waals surface area contributed by atoms with Crippen LogP contribution in [0, 0.1) is 5.92 Å². The monoisotopic (exact) mass is 298 g/mol. The number of carboxylic acid groups (broad SMARTS) is 1. The fourth-order valence-electron chi connectivity index (χ4n) is 1.68. The van der Waals surface area contributed by atoms with Gasteiger partial charge in [0.2, 0.25) is 5.91 Å². The van der Waals surface area contributed by atoms with E-state index in [0.29, 0.717) is 6.61 Å². The smallest absolute Gasteiger partial charge is 0.475 e. The van der Waals surface area contributed by atoms with Crippen LogP contribution in [0.5, 0.6) is 0 Å².